The Kier molecular flexibility index (Phi) is 3.12. The maximum atomic E-state index is 11.9. The van der Waals surface area contributed by atoms with Crippen LogP contribution in [-0.4, -0.2) is 9.55 Å². The Morgan fingerprint density at radius 3 is 2.89 bits per heavy atom. The summed E-state index contributed by atoms with van der Waals surface area (Å²) >= 11 is 4.80. The van der Waals surface area contributed by atoms with Gasteiger partial charge in [0.1, 0.15) is 4.83 Å². The Balaban J connectivity index is 2.18. The second-order valence-electron chi connectivity index (χ2n) is 4.11. The van der Waals surface area contributed by atoms with Gasteiger partial charge in [0.25, 0.3) is 5.56 Å². The molecule has 0 bridgehead atoms. The number of aromatic nitrogens is 2. The third-order valence-electron chi connectivity index (χ3n) is 2.83. The standard InChI is InChI=1S/C13H9BrN2O2S/c14-9-3-1-2-8(6-9)7-16-12-10(4-5-19-12)11(17)15-13(16)18/h1-6H,7H2,(H,15,17,18). The molecule has 96 valence electrons. The van der Waals surface area contributed by atoms with Crippen molar-refractivity contribution in [2.24, 2.45) is 0 Å². The highest BCUT2D eigenvalue weighted by Gasteiger charge is 2.09. The number of hydrogen-bond donors (Lipinski definition) is 1. The van der Waals surface area contributed by atoms with Gasteiger partial charge >= 0.3 is 5.69 Å². The molecule has 19 heavy (non-hydrogen) atoms. The number of nitrogens with one attached hydrogen (secondary N) is 1. The lowest BCUT2D eigenvalue weighted by atomic mass is 10.2. The highest BCUT2D eigenvalue weighted by molar-refractivity contribution is 9.10. The van der Waals surface area contributed by atoms with Gasteiger partial charge in [0.15, 0.2) is 0 Å². The van der Waals surface area contributed by atoms with Crippen LogP contribution in [0.2, 0.25) is 0 Å². The Hall–Kier alpha value is -1.66. The van der Waals surface area contributed by atoms with Gasteiger partial charge in [-0.2, -0.15) is 0 Å². The smallest absolute Gasteiger partial charge is 0.280 e. The molecule has 3 aromatic rings. The van der Waals surface area contributed by atoms with E-state index in [9.17, 15) is 9.59 Å². The predicted molar refractivity (Wildman–Crippen MR) is 79.9 cm³/mol. The monoisotopic (exact) mass is 336 g/mol. The summed E-state index contributed by atoms with van der Waals surface area (Å²) < 4.78 is 2.55. The van der Waals surface area contributed by atoms with Crippen molar-refractivity contribution in [2.75, 3.05) is 0 Å². The van der Waals surface area contributed by atoms with E-state index in [4.69, 9.17) is 0 Å². The molecule has 0 saturated heterocycles. The number of H-pyrrole nitrogens is 1. The van der Waals surface area contributed by atoms with Gasteiger partial charge in [-0.25, -0.2) is 4.79 Å². The Morgan fingerprint density at radius 1 is 1.26 bits per heavy atom. The molecule has 6 heteroatoms. The maximum absolute atomic E-state index is 11.9. The molecular formula is C13H9BrN2O2S. The van der Waals surface area contributed by atoms with Gasteiger partial charge in [0.2, 0.25) is 0 Å². The van der Waals surface area contributed by atoms with Crippen LogP contribution in [0.4, 0.5) is 0 Å². The van der Waals surface area contributed by atoms with Crippen LogP contribution < -0.4 is 11.2 Å². The molecular weight excluding hydrogens is 328 g/mol. The zero-order valence-electron chi connectivity index (χ0n) is 9.72. The lowest BCUT2D eigenvalue weighted by Crippen LogP contribution is -2.29. The van der Waals surface area contributed by atoms with Gasteiger partial charge < -0.3 is 0 Å². The molecule has 0 radical (unpaired) electrons. The second-order valence-corrected chi connectivity index (χ2v) is 5.93. The average molecular weight is 337 g/mol. The summed E-state index contributed by atoms with van der Waals surface area (Å²) in [6, 6.07) is 9.48. The Bertz CT molecular complexity index is 863. The number of aromatic amines is 1. The molecule has 0 spiro atoms. The number of fused-ring (bicyclic) bond motifs is 1. The minimum absolute atomic E-state index is 0.327. The maximum Gasteiger partial charge on any atom is 0.329 e. The molecule has 2 aromatic heterocycles. The van der Waals surface area contributed by atoms with E-state index >= 15 is 0 Å². The minimum Gasteiger partial charge on any atom is -0.280 e. The normalized spacial score (nSPS) is 11.0. The number of thiophene rings is 1. The summed E-state index contributed by atoms with van der Waals surface area (Å²) in [5, 5.41) is 2.37. The van der Waals surface area contributed by atoms with Crippen molar-refractivity contribution in [3.05, 3.63) is 66.6 Å². The van der Waals surface area contributed by atoms with E-state index in [-0.39, 0.29) is 11.2 Å². The van der Waals surface area contributed by atoms with Gasteiger partial charge in [-0.3, -0.25) is 14.3 Å². The zero-order valence-corrected chi connectivity index (χ0v) is 12.1. The van der Waals surface area contributed by atoms with Crippen molar-refractivity contribution < 1.29 is 0 Å². The van der Waals surface area contributed by atoms with Crippen LogP contribution >= 0.6 is 27.3 Å². The van der Waals surface area contributed by atoms with Gasteiger partial charge in [0, 0.05) is 4.47 Å². The van der Waals surface area contributed by atoms with Gasteiger partial charge in [-0.05, 0) is 29.1 Å². The highest BCUT2D eigenvalue weighted by Crippen LogP contribution is 2.17. The number of hydrogen-bond acceptors (Lipinski definition) is 3. The number of rotatable bonds is 2. The first kappa shape index (κ1) is 12.4. The first-order chi connectivity index (χ1) is 9.15. The fourth-order valence-corrected chi connectivity index (χ4v) is 3.31. The van der Waals surface area contributed by atoms with Gasteiger partial charge in [-0.1, -0.05) is 28.1 Å². The fraction of sp³-hybridized carbons (Fsp3) is 0.0769. The van der Waals surface area contributed by atoms with Crippen molar-refractivity contribution in [3.63, 3.8) is 0 Å². The molecule has 0 unspecified atom stereocenters. The Labute approximate surface area is 120 Å². The third-order valence-corrected chi connectivity index (χ3v) is 4.26. The largest absolute Gasteiger partial charge is 0.329 e. The summed E-state index contributed by atoms with van der Waals surface area (Å²) in [5.41, 5.74) is 0.296. The molecule has 2 heterocycles. The van der Waals surface area contributed by atoms with Crippen LogP contribution in [0.1, 0.15) is 5.56 Å². The molecule has 4 nitrogen and oxygen atoms in total. The first-order valence-electron chi connectivity index (χ1n) is 5.60. The lowest BCUT2D eigenvalue weighted by Gasteiger charge is -2.07. The van der Waals surface area contributed by atoms with Crippen LogP contribution in [0, 0.1) is 0 Å². The number of nitrogens with zero attached hydrogens (tertiary/aromatic N) is 1. The number of halogens is 1. The van der Waals surface area contributed by atoms with Crippen molar-refractivity contribution in [1.29, 1.82) is 0 Å². The molecule has 0 amide bonds. The first-order valence-corrected chi connectivity index (χ1v) is 7.27. The summed E-state index contributed by atoms with van der Waals surface area (Å²) in [4.78, 5) is 26.6. The van der Waals surface area contributed by atoms with Crippen LogP contribution in [-0.2, 0) is 6.54 Å². The van der Waals surface area contributed by atoms with E-state index in [1.807, 2.05) is 29.6 Å². The Morgan fingerprint density at radius 2 is 2.11 bits per heavy atom. The van der Waals surface area contributed by atoms with Crippen molar-refractivity contribution in [2.45, 2.75) is 6.54 Å². The average Bonchev–Trinajstić information content (AvgIpc) is 2.84. The number of benzene rings is 1. The summed E-state index contributed by atoms with van der Waals surface area (Å²) in [5.74, 6) is 0. The third kappa shape index (κ3) is 2.29. The molecule has 0 atom stereocenters. The molecule has 0 aliphatic heterocycles. The van der Waals surface area contributed by atoms with Crippen LogP contribution in [0.15, 0.2) is 49.8 Å². The van der Waals surface area contributed by atoms with E-state index < -0.39 is 0 Å². The van der Waals surface area contributed by atoms with Gasteiger partial charge in [-0.15, -0.1) is 11.3 Å². The molecule has 0 aliphatic carbocycles. The van der Waals surface area contributed by atoms with Crippen molar-refractivity contribution >= 4 is 37.5 Å². The summed E-state index contributed by atoms with van der Waals surface area (Å²) in [6.45, 7) is 0.437. The van der Waals surface area contributed by atoms with E-state index in [0.29, 0.717) is 16.8 Å². The van der Waals surface area contributed by atoms with E-state index in [1.54, 1.807) is 10.6 Å². The fourth-order valence-electron chi connectivity index (χ4n) is 1.97. The van der Waals surface area contributed by atoms with Crippen LogP contribution in [0.3, 0.4) is 0 Å². The SMILES string of the molecule is O=c1[nH]c(=O)n(Cc2cccc(Br)c2)c2sccc12. The highest BCUT2D eigenvalue weighted by atomic mass is 79.9. The molecule has 1 aromatic carbocycles. The summed E-state index contributed by atoms with van der Waals surface area (Å²) in [6.07, 6.45) is 0. The van der Waals surface area contributed by atoms with E-state index in [2.05, 4.69) is 20.9 Å². The topological polar surface area (TPSA) is 54.9 Å². The predicted octanol–water partition coefficient (Wildman–Crippen LogP) is 2.56. The van der Waals surface area contributed by atoms with E-state index in [1.165, 1.54) is 11.3 Å². The van der Waals surface area contributed by atoms with Crippen molar-refractivity contribution in [1.82, 2.24) is 9.55 Å². The molecule has 0 aliphatic rings. The minimum atomic E-state index is -0.375. The van der Waals surface area contributed by atoms with Gasteiger partial charge in [0.05, 0.1) is 11.9 Å². The zero-order chi connectivity index (χ0) is 13.4. The molecule has 0 saturated carbocycles. The van der Waals surface area contributed by atoms with Crippen molar-refractivity contribution in [3.8, 4) is 0 Å². The molecule has 0 fully saturated rings. The second kappa shape index (κ2) is 4.79. The van der Waals surface area contributed by atoms with E-state index in [0.717, 1.165) is 10.0 Å². The molecule has 1 N–H and O–H groups in total. The lowest BCUT2D eigenvalue weighted by molar-refractivity contribution is 0.762. The quantitative estimate of drug-likeness (QED) is 0.781. The van der Waals surface area contributed by atoms with Crippen LogP contribution in [0.5, 0.6) is 0 Å². The summed E-state index contributed by atoms with van der Waals surface area (Å²) in [7, 11) is 0. The molecule has 3 rings (SSSR count). The van der Waals surface area contributed by atoms with Crippen LogP contribution in [0.25, 0.3) is 10.2 Å².